The summed E-state index contributed by atoms with van der Waals surface area (Å²) in [5.41, 5.74) is 1.55. The first-order valence-corrected chi connectivity index (χ1v) is 8.00. The van der Waals surface area contributed by atoms with Crippen LogP contribution < -0.4 is 0 Å². The Morgan fingerprint density at radius 3 is 2.65 bits per heavy atom. The number of nitriles is 1. The molecule has 5 nitrogen and oxygen atoms in total. The van der Waals surface area contributed by atoms with Crippen molar-refractivity contribution in [1.82, 2.24) is 4.90 Å². The van der Waals surface area contributed by atoms with Gasteiger partial charge in [0.15, 0.2) is 6.23 Å². The highest BCUT2D eigenvalue weighted by Gasteiger charge is 2.40. The molecule has 0 radical (unpaired) electrons. The molecule has 1 aliphatic carbocycles. The van der Waals surface area contributed by atoms with Crippen molar-refractivity contribution in [3.8, 4) is 6.07 Å². The minimum Gasteiger partial charge on any atom is -0.444 e. The second-order valence-electron chi connectivity index (χ2n) is 7.21. The van der Waals surface area contributed by atoms with Gasteiger partial charge in [-0.25, -0.2) is 4.79 Å². The van der Waals surface area contributed by atoms with E-state index in [0.717, 1.165) is 24.0 Å². The van der Waals surface area contributed by atoms with Crippen LogP contribution in [0.25, 0.3) is 0 Å². The monoisotopic (exact) mass is 314 g/mol. The lowest BCUT2D eigenvalue weighted by molar-refractivity contribution is -0.126. The summed E-state index contributed by atoms with van der Waals surface area (Å²) in [6, 6.07) is 10.2. The van der Waals surface area contributed by atoms with E-state index in [1.165, 1.54) is 0 Å². The lowest BCUT2D eigenvalue weighted by Gasteiger charge is -2.36. The SMILES string of the molecule is CC(C)(C)OC(=O)N1Cc2ccccc2C1OC1CC(C#N)C1. The molecule has 1 aromatic rings. The van der Waals surface area contributed by atoms with Crippen LogP contribution in [0.3, 0.4) is 0 Å². The van der Waals surface area contributed by atoms with E-state index in [4.69, 9.17) is 14.7 Å². The molecule has 0 saturated heterocycles. The summed E-state index contributed by atoms with van der Waals surface area (Å²) in [7, 11) is 0. The fourth-order valence-electron chi connectivity index (χ4n) is 2.95. The summed E-state index contributed by atoms with van der Waals surface area (Å²) < 4.78 is 11.6. The van der Waals surface area contributed by atoms with Crippen molar-refractivity contribution in [2.75, 3.05) is 0 Å². The van der Waals surface area contributed by atoms with Crippen LogP contribution in [0.2, 0.25) is 0 Å². The zero-order valence-corrected chi connectivity index (χ0v) is 13.8. The molecule has 1 fully saturated rings. The predicted octanol–water partition coefficient (Wildman–Crippen LogP) is 3.75. The smallest absolute Gasteiger partial charge is 0.412 e. The van der Waals surface area contributed by atoms with Crippen molar-refractivity contribution >= 4 is 6.09 Å². The number of carbonyl (C=O) groups excluding carboxylic acids is 1. The molecule has 1 aliphatic heterocycles. The van der Waals surface area contributed by atoms with Crippen molar-refractivity contribution in [3.63, 3.8) is 0 Å². The largest absolute Gasteiger partial charge is 0.444 e. The van der Waals surface area contributed by atoms with Crippen LogP contribution >= 0.6 is 0 Å². The molecule has 1 saturated carbocycles. The van der Waals surface area contributed by atoms with E-state index in [2.05, 4.69) is 6.07 Å². The second kappa shape index (κ2) is 5.86. The van der Waals surface area contributed by atoms with E-state index < -0.39 is 11.8 Å². The molecular formula is C18H22N2O3. The molecule has 122 valence electrons. The Bertz CT molecular complexity index is 638. The van der Waals surface area contributed by atoms with Crippen LogP contribution in [-0.2, 0) is 16.0 Å². The van der Waals surface area contributed by atoms with E-state index in [-0.39, 0.29) is 18.1 Å². The molecule has 1 heterocycles. The van der Waals surface area contributed by atoms with Crippen LogP contribution in [0.1, 0.15) is 51.0 Å². The Morgan fingerprint density at radius 2 is 2.00 bits per heavy atom. The van der Waals surface area contributed by atoms with Gasteiger partial charge in [0.05, 0.1) is 24.6 Å². The molecule has 2 aliphatic rings. The number of rotatable bonds is 2. The minimum atomic E-state index is -0.543. The van der Waals surface area contributed by atoms with Crippen LogP contribution in [0, 0.1) is 17.2 Å². The maximum atomic E-state index is 12.5. The standard InChI is InChI=1S/C18H22N2O3/c1-18(2,3)23-17(21)20-11-13-6-4-5-7-15(13)16(20)22-14-8-12(9-14)10-19/h4-7,12,14,16H,8-9,11H2,1-3H3. The van der Waals surface area contributed by atoms with Gasteiger partial charge in [0, 0.05) is 5.56 Å². The number of carbonyl (C=O) groups is 1. The van der Waals surface area contributed by atoms with Crippen molar-refractivity contribution in [3.05, 3.63) is 35.4 Å². The Morgan fingerprint density at radius 1 is 1.30 bits per heavy atom. The molecule has 1 aromatic carbocycles. The van der Waals surface area contributed by atoms with E-state index in [1.807, 2.05) is 45.0 Å². The summed E-state index contributed by atoms with van der Waals surface area (Å²) in [6.45, 7) is 6.05. The molecule has 0 spiro atoms. The van der Waals surface area contributed by atoms with Crippen LogP contribution in [-0.4, -0.2) is 22.7 Å². The fourth-order valence-corrected chi connectivity index (χ4v) is 2.95. The number of nitrogens with zero attached hydrogens (tertiary/aromatic N) is 2. The van der Waals surface area contributed by atoms with E-state index in [1.54, 1.807) is 4.90 Å². The normalized spacial score (nSPS) is 26.2. The van der Waals surface area contributed by atoms with Gasteiger partial charge in [0.25, 0.3) is 0 Å². The highest BCUT2D eigenvalue weighted by Crippen LogP contribution is 2.40. The summed E-state index contributed by atoms with van der Waals surface area (Å²) in [5, 5.41) is 8.90. The molecule has 0 aromatic heterocycles. The molecule has 0 bridgehead atoms. The first kappa shape index (κ1) is 15.8. The molecular weight excluding hydrogens is 292 g/mol. The molecule has 23 heavy (non-hydrogen) atoms. The Labute approximate surface area is 136 Å². The fraction of sp³-hybridized carbons (Fsp3) is 0.556. The Kier molecular flexibility index (Phi) is 4.03. The van der Waals surface area contributed by atoms with Gasteiger partial charge in [-0.05, 0) is 39.2 Å². The van der Waals surface area contributed by atoms with Crippen molar-refractivity contribution in [1.29, 1.82) is 5.26 Å². The van der Waals surface area contributed by atoms with E-state index in [9.17, 15) is 4.79 Å². The Hall–Kier alpha value is -2.06. The quantitative estimate of drug-likeness (QED) is 0.834. The molecule has 0 N–H and O–H groups in total. The van der Waals surface area contributed by atoms with Gasteiger partial charge in [0.1, 0.15) is 5.60 Å². The Balaban J connectivity index is 1.76. The number of hydrogen-bond donors (Lipinski definition) is 0. The highest BCUT2D eigenvalue weighted by molar-refractivity contribution is 5.70. The van der Waals surface area contributed by atoms with Gasteiger partial charge >= 0.3 is 6.09 Å². The maximum absolute atomic E-state index is 12.5. The number of hydrogen-bond acceptors (Lipinski definition) is 4. The number of fused-ring (bicyclic) bond motifs is 1. The summed E-state index contributed by atoms with van der Waals surface area (Å²) in [4.78, 5) is 14.2. The molecule has 1 unspecified atom stereocenters. The minimum absolute atomic E-state index is 0.0285. The second-order valence-corrected chi connectivity index (χ2v) is 7.21. The third-order valence-corrected chi connectivity index (χ3v) is 4.17. The topological polar surface area (TPSA) is 62.6 Å². The number of amides is 1. The lowest BCUT2D eigenvalue weighted by atomic mass is 9.83. The molecule has 3 rings (SSSR count). The van der Waals surface area contributed by atoms with Crippen LogP contribution in [0.4, 0.5) is 4.79 Å². The van der Waals surface area contributed by atoms with Gasteiger partial charge in [-0.3, -0.25) is 4.90 Å². The van der Waals surface area contributed by atoms with Crippen molar-refractivity contribution in [2.45, 2.75) is 58.1 Å². The zero-order chi connectivity index (χ0) is 16.6. The first-order chi connectivity index (χ1) is 10.9. The van der Waals surface area contributed by atoms with Crippen molar-refractivity contribution in [2.24, 2.45) is 5.92 Å². The van der Waals surface area contributed by atoms with Gasteiger partial charge in [-0.15, -0.1) is 0 Å². The summed E-state index contributed by atoms with van der Waals surface area (Å²) in [5.74, 6) is 0.0756. The summed E-state index contributed by atoms with van der Waals surface area (Å²) >= 11 is 0. The average Bonchev–Trinajstić information content (AvgIpc) is 2.79. The summed E-state index contributed by atoms with van der Waals surface area (Å²) in [6.07, 6.45) is 0.704. The maximum Gasteiger partial charge on any atom is 0.412 e. The number of benzene rings is 1. The molecule has 1 atom stereocenters. The highest BCUT2D eigenvalue weighted by atomic mass is 16.6. The van der Waals surface area contributed by atoms with Gasteiger partial charge < -0.3 is 9.47 Å². The van der Waals surface area contributed by atoms with Crippen molar-refractivity contribution < 1.29 is 14.3 Å². The third-order valence-electron chi connectivity index (χ3n) is 4.17. The van der Waals surface area contributed by atoms with Crippen LogP contribution in [0.15, 0.2) is 24.3 Å². The van der Waals surface area contributed by atoms with Gasteiger partial charge in [-0.1, -0.05) is 24.3 Å². The van der Waals surface area contributed by atoms with Gasteiger partial charge in [0.2, 0.25) is 0 Å². The predicted molar refractivity (Wildman–Crippen MR) is 84.2 cm³/mol. The van der Waals surface area contributed by atoms with E-state index >= 15 is 0 Å². The molecule has 1 amide bonds. The van der Waals surface area contributed by atoms with E-state index in [0.29, 0.717) is 6.54 Å². The van der Waals surface area contributed by atoms with Crippen LogP contribution in [0.5, 0.6) is 0 Å². The lowest BCUT2D eigenvalue weighted by Crippen LogP contribution is -2.40. The van der Waals surface area contributed by atoms with Gasteiger partial charge in [-0.2, -0.15) is 5.26 Å². The number of ether oxygens (including phenoxy) is 2. The average molecular weight is 314 g/mol. The third kappa shape index (κ3) is 3.32. The zero-order valence-electron chi connectivity index (χ0n) is 13.8. The molecule has 5 heteroatoms. The first-order valence-electron chi connectivity index (χ1n) is 8.00.